The van der Waals surface area contributed by atoms with Crippen molar-refractivity contribution >= 4 is 29.1 Å². The lowest BCUT2D eigenvalue weighted by Gasteiger charge is -2.15. The summed E-state index contributed by atoms with van der Waals surface area (Å²) in [5.41, 5.74) is -0.471. The standard InChI is InChI=1S/C15H16ClF3N4/c1-3-9(2)20-14-22-12(15(17,18)19)8-13(23-14)21-11-6-4-5-10(16)7-11/h4-9H,3H2,1-2H3,(H2,20,21,22,23)/t9-/m1/s1. The Balaban J connectivity index is 2.35. The number of aromatic nitrogens is 2. The number of hydrogen-bond acceptors (Lipinski definition) is 4. The molecule has 0 fully saturated rings. The zero-order valence-electron chi connectivity index (χ0n) is 12.6. The van der Waals surface area contributed by atoms with Gasteiger partial charge in [0.2, 0.25) is 5.95 Å². The predicted octanol–water partition coefficient (Wildman–Crippen LogP) is 5.10. The SMILES string of the molecule is CC[C@@H](C)Nc1nc(Nc2cccc(Cl)c2)cc(C(F)(F)F)n1. The first kappa shape index (κ1) is 17.3. The zero-order valence-corrected chi connectivity index (χ0v) is 13.3. The van der Waals surface area contributed by atoms with E-state index in [-0.39, 0.29) is 17.8 Å². The summed E-state index contributed by atoms with van der Waals surface area (Å²) in [5, 5.41) is 6.14. The lowest BCUT2D eigenvalue weighted by atomic mass is 10.3. The summed E-state index contributed by atoms with van der Waals surface area (Å²) >= 11 is 5.87. The van der Waals surface area contributed by atoms with Crippen LogP contribution in [-0.2, 0) is 6.18 Å². The fraction of sp³-hybridized carbons (Fsp3) is 0.333. The summed E-state index contributed by atoms with van der Waals surface area (Å²) in [6.07, 6.45) is -3.82. The van der Waals surface area contributed by atoms with E-state index in [9.17, 15) is 13.2 Å². The highest BCUT2D eigenvalue weighted by molar-refractivity contribution is 6.30. The average molecular weight is 345 g/mol. The van der Waals surface area contributed by atoms with Gasteiger partial charge in [0.05, 0.1) is 0 Å². The molecule has 2 rings (SSSR count). The molecule has 1 aromatic carbocycles. The van der Waals surface area contributed by atoms with Crippen molar-refractivity contribution in [1.82, 2.24) is 9.97 Å². The number of rotatable bonds is 5. The van der Waals surface area contributed by atoms with E-state index in [1.807, 2.05) is 13.8 Å². The fourth-order valence-electron chi connectivity index (χ4n) is 1.76. The van der Waals surface area contributed by atoms with Crippen LogP contribution in [0.2, 0.25) is 5.02 Å². The van der Waals surface area contributed by atoms with Gasteiger partial charge in [-0.05, 0) is 31.5 Å². The normalized spacial score (nSPS) is 12.8. The average Bonchev–Trinajstić information content (AvgIpc) is 2.46. The number of anilines is 3. The molecule has 4 nitrogen and oxygen atoms in total. The highest BCUT2D eigenvalue weighted by Crippen LogP contribution is 2.30. The highest BCUT2D eigenvalue weighted by Gasteiger charge is 2.33. The molecule has 23 heavy (non-hydrogen) atoms. The molecule has 0 saturated heterocycles. The van der Waals surface area contributed by atoms with Crippen molar-refractivity contribution in [1.29, 1.82) is 0 Å². The second kappa shape index (κ2) is 7.04. The number of nitrogens with one attached hydrogen (secondary N) is 2. The summed E-state index contributed by atoms with van der Waals surface area (Å²) in [5.74, 6) is -0.0286. The van der Waals surface area contributed by atoms with Crippen LogP contribution in [-0.4, -0.2) is 16.0 Å². The molecule has 0 unspecified atom stereocenters. The van der Waals surface area contributed by atoms with Crippen molar-refractivity contribution in [2.75, 3.05) is 10.6 Å². The predicted molar refractivity (Wildman–Crippen MR) is 85.1 cm³/mol. The van der Waals surface area contributed by atoms with Crippen LogP contribution in [0.3, 0.4) is 0 Å². The Hall–Kier alpha value is -2.02. The molecular weight excluding hydrogens is 329 g/mol. The summed E-state index contributed by atoms with van der Waals surface area (Å²) < 4.78 is 39.0. The second-order valence-electron chi connectivity index (χ2n) is 5.05. The molecule has 0 spiro atoms. The molecule has 0 radical (unpaired) electrons. The van der Waals surface area contributed by atoms with Gasteiger partial charge in [-0.1, -0.05) is 24.6 Å². The van der Waals surface area contributed by atoms with Crippen molar-refractivity contribution in [3.63, 3.8) is 0 Å². The van der Waals surface area contributed by atoms with Crippen LogP contribution in [0.5, 0.6) is 0 Å². The van der Waals surface area contributed by atoms with E-state index in [1.54, 1.807) is 24.3 Å². The molecule has 0 saturated carbocycles. The first-order valence-electron chi connectivity index (χ1n) is 7.03. The molecule has 2 aromatic rings. The Labute approximate surface area is 137 Å². The molecule has 0 aliphatic rings. The van der Waals surface area contributed by atoms with Crippen LogP contribution in [0.1, 0.15) is 26.0 Å². The van der Waals surface area contributed by atoms with Gasteiger partial charge in [0, 0.05) is 22.8 Å². The van der Waals surface area contributed by atoms with E-state index in [0.717, 1.165) is 12.5 Å². The molecule has 1 aromatic heterocycles. The number of halogens is 4. The molecule has 124 valence electrons. The quantitative estimate of drug-likeness (QED) is 0.792. The van der Waals surface area contributed by atoms with E-state index < -0.39 is 11.9 Å². The largest absolute Gasteiger partial charge is 0.433 e. The monoisotopic (exact) mass is 344 g/mol. The number of hydrogen-bond donors (Lipinski definition) is 2. The summed E-state index contributed by atoms with van der Waals surface area (Å²) in [6.45, 7) is 3.75. The van der Waals surface area contributed by atoms with Crippen LogP contribution < -0.4 is 10.6 Å². The van der Waals surface area contributed by atoms with Gasteiger partial charge in [-0.3, -0.25) is 0 Å². The van der Waals surface area contributed by atoms with Crippen LogP contribution >= 0.6 is 11.6 Å². The van der Waals surface area contributed by atoms with Crippen LogP contribution in [0.4, 0.5) is 30.6 Å². The number of benzene rings is 1. The highest BCUT2D eigenvalue weighted by atomic mass is 35.5. The van der Waals surface area contributed by atoms with Gasteiger partial charge in [-0.25, -0.2) is 4.98 Å². The van der Waals surface area contributed by atoms with Gasteiger partial charge in [-0.15, -0.1) is 0 Å². The number of nitrogens with zero attached hydrogens (tertiary/aromatic N) is 2. The van der Waals surface area contributed by atoms with Crippen LogP contribution in [0.15, 0.2) is 30.3 Å². The van der Waals surface area contributed by atoms with Gasteiger partial charge in [0.15, 0.2) is 5.69 Å². The van der Waals surface area contributed by atoms with Crippen molar-refractivity contribution in [2.45, 2.75) is 32.5 Å². The minimum atomic E-state index is -4.56. The molecule has 0 aliphatic heterocycles. The first-order chi connectivity index (χ1) is 10.8. The summed E-state index contributed by atoms with van der Waals surface area (Å²) in [4.78, 5) is 7.62. The zero-order chi connectivity index (χ0) is 17.0. The van der Waals surface area contributed by atoms with Crippen molar-refractivity contribution in [3.05, 3.63) is 41.0 Å². The van der Waals surface area contributed by atoms with E-state index in [0.29, 0.717) is 10.7 Å². The minimum Gasteiger partial charge on any atom is -0.352 e. The third-order valence-electron chi connectivity index (χ3n) is 3.10. The molecule has 8 heteroatoms. The first-order valence-corrected chi connectivity index (χ1v) is 7.41. The lowest BCUT2D eigenvalue weighted by Crippen LogP contribution is -2.18. The van der Waals surface area contributed by atoms with E-state index in [2.05, 4.69) is 20.6 Å². The molecule has 0 bridgehead atoms. The maximum atomic E-state index is 13.0. The van der Waals surface area contributed by atoms with Crippen LogP contribution in [0, 0.1) is 0 Å². The fourth-order valence-corrected chi connectivity index (χ4v) is 1.95. The smallest absolute Gasteiger partial charge is 0.352 e. The maximum Gasteiger partial charge on any atom is 0.433 e. The van der Waals surface area contributed by atoms with Gasteiger partial charge in [0.1, 0.15) is 5.82 Å². The minimum absolute atomic E-state index is 0.0420. The molecule has 1 heterocycles. The Morgan fingerprint density at radius 2 is 1.96 bits per heavy atom. The second-order valence-corrected chi connectivity index (χ2v) is 5.49. The third-order valence-corrected chi connectivity index (χ3v) is 3.34. The van der Waals surface area contributed by atoms with E-state index in [1.165, 1.54) is 0 Å². The summed E-state index contributed by atoms with van der Waals surface area (Å²) in [6, 6.07) is 7.46. The van der Waals surface area contributed by atoms with E-state index >= 15 is 0 Å². The molecular formula is C15H16ClF3N4. The maximum absolute atomic E-state index is 13.0. The van der Waals surface area contributed by atoms with Crippen molar-refractivity contribution < 1.29 is 13.2 Å². The molecule has 0 amide bonds. The van der Waals surface area contributed by atoms with Gasteiger partial charge >= 0.3 is 6.18 Å². The van der Waals surface area contributed by atoms with Gasteiger partial charge in [0.25, 0.3) is 0 Å². The van der Waals surface area contributed by atoms with Gasteiger partial charge in [-0.2, -0.15) is 18.2 Å². The molecule has 1 atom stereocenters. The third kappa shape index (κ3) is 4.99. The van der Waals surface area contributed by atoms with Crippen molar-refractivity contribution in [3.8, 4) is 0 Å². The van der Waals surface area contributed by atoms with Crippen LogP contribution in [0.25, 0.3) is 0 Å². The Morgan fingerprint density at radius 3 is 2.57 bits per heavy atom. The Bertz CT molecular complexity index is 676. The lowest BCUT2D eigenvalue weighted by molar-refractivity contribution is -0.141. The Kier molecular flexibility index (Phi) is 5.30. The molecule has 2 N–H and O–H groups in total. The van der Waals surface area contributed by atoms with Crippen molar-refractivity contribution in [2.24, 2.45) is 0 Å². The Morgan fingerprint density at radius 1 is 1.22 bits per heavy atom. The number of alkyl halides is 3. The van der Waals surface area contributed by atoms with E-state index in [4.69, 9.17) is 11.6 Å². The van der Waals surface area contributed by atoms with Gasteiger partial charge < -0.3 is 10.6 Å². The topological polar surface area (TPSA) is 49.8 Å². The summed E-state index contributed by atoms with van der Waals surface area (Å²) in [7, 11) is 0. The molecule has 0 aliphatic carbocycles.